The van der Waals surface area contributed by atoms with Crippen LogP contribution in [-0.4, -0.2) is 46.7 Å². The topological polar surface area (TPSA) is 116 Å². The molecule has 0 heterocycles. The van der Waals surface area contributed by atoms with Gasteiger partial charge in [-0.2, -0.15) is 0 Å². The fourth-order valence-corrected chi connectivity index (χ4v) is 1.82. The summed E-state index contributed by atoms with van der Waals surface area (Å²) in [5.74, 6) is -1.64. The molecule has 2 unspecified atom stereocenters. The maximum absolute atomic E-state index is 11.8. The molecular weight excluding hydrogens is 288 g/mol. The van der Waals surface area contributed by atoms with Gasteiger partial charge in [-0.15, -0.1) is 0 Å². The van der Waals surface area contributed by atoms with Gasteiger partial charge >= 0.3 is 5.97 Å². The largest absolute Gasteiger partial charge is 0.481 e. The number of nitrogens with one attached hydrogen (secondary N) is 2. The average molecular weight is 316 g/mol. The average Bonchev–Trinajstić information content (AvgIpc) is 2.39. The molecule has 0 aromatic rings. The van der Waals surface area contributed by atoms with E-state index in [1.54, 1.807) is 13.8 Å². The number of carboxylic acids is 1. The molecule has 0 fully saturated rings. The fraction of sp³-hybridized carbons (Fsp3) is 0.800. The van der Waals surface area contributed by atoms with Gasteiger partial charge in [0.1, 0.15) is 0 Å². The lowest BCUT2D eigenvalue weighted by atomic mass is 9.98. The molecule has 7 nitrogen and oxygen atoms in total. The van der Waals surface area contributed by atoms with Gasteiger partial charge in [0.2, 0.25) is 11.8 Å². The second kappa shape index (κ2) is 10.2. The summed E-state index contributed by atoms with van der Waals surface area (Å²) in [4.78, 5) is 33.9. The van der Waals surface area contributed by atoms with E-state index in [2.05, 4.69) is 10.6 Å². The Bertz CT molecular complexity index is 382. The van der Waals surface area contributed by atoms with Gasteiger partial charge < -0.3 is 20.8 Å². The summed E-state index contributed by atoms with van der Waals surface area (Å²) in [7, 11) is 0. The molecule has 7 heteroatoms. The Morgan fingerprint density at radius 2 is 1.64 bits per heavy atom. The first-order valence-corrected chi connectivity index (χ1v) is 7.60. The number of rotatable bonds is 10. The predicted molar refractivity (Wildman–Crippen MR) is 82.1 cm³/mol. The van der Waals surface area contributed by atoms with Gasteiger partial charge in [0.15, 0.2) is 0 Å². The Morgan fingerprint density at radius 1 is 1.05 bits per heavy atom. The van der Waals surface area contributed by atoms with E-state index < -0.39 is 30.4 Å². The molecule has 0 aliphatic rings. The third-order valence-corrected chi connectivity index (χ3v) is 3.20. The number of aliphatic hydroxyl groups is 1. The minimum Gasteiger partial charge on any atom is -0.481 e. The zero-order valence-electron chi connectivity index (χ0n) is 13.8. The van der Waals surface area contributed by atoms with Crippen molar-refractivity contribution in [2.24, 2.45) is 11.8 Å². The molecule has 2 atom stereocenters. The van der Waals surface area contributed by atoms with Gasteiger partial charge in [-0.25, -0.2) is 0 Å². The summed E-state index contributed by atoms with van der Waals surface area (Å²) in [5.41, 5.74) is 0. The van der Waals surface area contributed by atoms with Crippen molar-refractivity contribution in [3.05, 3.63) is 0 Å². The number of aliphatic carboxylic acids is 1. The van der Waals surface area contributed by atoms with Crippen molar-refractivity contribution in [1.82, 2.24) is 10.6 Å². The van der Waals surface area contributed by atoms with Crippen LogP contribution < -0.4 is 10.6 Å². The van der Waals surface area contributed by atoms with E-state index >= 15 is 0 Å². The first-order valence-electron chi connectivity index (χ1n) is 7.60. The Labute approximate surface area is 131 Å². The van der Waals surface area contributed by atoms with Crippen LogP contribution in [0.25, 0.3) is 0 Å². The molecule has 0 spiro atoms. The van der Waals surface area contributed by atoms with E-state index in [-0.39, 0.29) is 18.4 Å². The Morgan fingerprint density at radius 3 is 2.09 bits per heavy atom. The first kappa shape index (κ1) is 20.4. The number of amides is 2. The SMILES string of the molecule is CC(C)CCC(NC(=O)CNC(=O)C(C)C)C(O)CC(=O)O. The molecule has 0 aromatic heterocycles. The molecule has 0 rings (SSSR count). The van der Waals surface area contributed by atoms with Gasteiger partial charge in [-0.3, -0.25) is 14.4 Å². The number of carbonyl (C=O) groups excluding carboxylic acids is 2. The zero-order valence-corrected chi connectivity index (χ0v) is 13.8. The highest BCUT2D eigenvalue weighted by molar-refractivity contribution is 5.85. The maximum Gasteiger partial charge on any atom is 0.306 e. The molecular formula is C15H28N2O5. The lowest BCUT2D eigenvalue weighted by molar-refractivity contribution is -0.140. The normalized spacial score (nSPS) is 13.8. The molecule has 0 saturated carbocycles. The van der Waals surface area contributed by atoms with E-state index in [4.69, 9.17) is 5.11 Å². The van der Waals surface area contributed by atoms with Crippen molar-refractivity contribution < 1.29 is 24.6 Å². The molecule has 0 bridgehead atoms. The second-order valence-electron chi connectivity index (χ2n) is 6.18. The van der Waals surface area contributed by atoms with Crippen LogP contribution in [0, 0.1) is 11.8 Å². The second-order valence-corrected chi connectivity index (χ2v) is 6.18. The van der Waals surface area contributed by atoms with E-state index in [0.717, 1.165) is 6.42 Å². The van der Waals surface area contributed by atoms with E-state index in [0.29, 0.717) is 12.3 Å². The van der Waals surface area contributed by atoms with Crippen molar-refractivity contribution in [2.75, 3.05) is 6.54 Å². The van der Waals surface area contributed by atoms with Crippen LogP contribution in [0.3, 0.4) is 0 Å². The van der Waals surface area contributed by atoms with Crippen molar-refractivity contribution in [1.29, 1.82) is 0 Å². The lowest BCUT2D eigenvalue weighted by Crippen LogP contribution is -2.48. The number of hydrogen-bond acceptors (Lipinski definition) is 4. The van der Waals surface area contributed by atoms with Crippen LogP contribution in [0.4, 0.5) is 0 Å². The van der Waals surface area contributed by atoms with Gasteiger partial charge in [-0.05, 0) is 18.8 Å². The summed E-state index contributed by atoms with van der Waals surface area (Å²) in [6.45, 7) is 7.26. The Kier molecular flexibility index (Phi) is 9.40. The van der Waals surface area contributed by atoms with Crippen LogP contribution >= 0.6 is 0 Å². The lowest BCUT2D eigenvalue weighted by Gasteiger charge is -2.24. The Balaban J connectivity index is 4.50. The van der Waals surface area contributed by atoms with Crippen molar-refractivity contribution in [3.8, 4) is 0 Å². The van der Waals surface area contributed by atoms with Gasteiger partial charge in [0, 0.05) is 5.92 Å². The molecule has 128 valence electrons. The van der Waals surface area contributed by atoms with Gasteiger partial charge in [0.05, 0.1) is 25.1 Å². The third-order valence-electron chi connectivity index (χ3n) is 3.20. The summed E-state index contributed by atoms with van der Waals surface area (Å²) < 4.78 is 0. The van der Waals surface area contributed by atoms with Gasteiger partial charge in [0.25, 0.3) is 0 Å². The summed E-state index contributed by atoms with van der Waals surface area (Å²) >= 11 is 0. The summed E-state index contributed by atoms with van der Waals surface area (Å²) in [6, 6.07) is -0.637. The molecule has 0 radical (unpaired) electrons. The first-order chi connectivity index (χ1) is 10.1. The predicted octanol–water partition coefficient (Wildman–Crippen LogP) is 0.515. The monoisotopic (exact) mass is 316 g/mol. The number of hydrogen-bond donors (Lipinski definition) is 4. The number of carboxylic acid groups (broad SMARTS) is 1. The van der Waals surface area contributed by atoms with Gasteiger partial charge in [-0.1, -0.05) is 27.7 Å². The van der Waals surface area contributed by atoms with Crippen LogP contribution in [-0.2, 0) is 14.4 Å². The Hall–Kier alpha value is -1.63. The van der Waals surface area contributed by atoms with E-state index in [1.807, 2.05) is 13.8 Å². The number of aliphatic hydroxyl groups excluding tert-OH is 1. The highest BCUT2D eigenvalue weighted by atomic mass is 16.4. The molecule has 2 amide bonds. The van der Waals surface area contributed by atoms with E-state index in [1.165, 1.54) is 0 Å². The molecule has 0 saturated heterocycles. The highest BCUT2D eigenvalue weighted by Crippen LogP contribution is 2.11. The quantitative estimate of drug-likeness (QED) is 0.469. The molecule has 0 aliphatic carbocycles. The molecule has 4 N–H and O–H groups in total. The smallest absolute Gasteiger partial charge is 0.306 e. The zero-order chi connectivity index (χ0) is 17.3. The minimum atomic E-state index is -1.15. The molecule has 0 aliphatic heterocycles. The summed E-state index contributed by atoms with van der Waals surface area (Å²) in [5, 5.41) is 23.8. The summed E-state index contributed by atoms with van der Waals surface area (Å²) in [6.07, 6.45) is -0.349. The van der Waals surface area contributed by atoms with Crippen molar-refractivity contribution in [3.63, 3.8) is 0 Å². The van der Waals surface area contributed by atoms with Crippen LogP contribution in [0.15, 0.2) is 0 Å². The van der Waals surface area contributed by atoms with Crippen LogP contribution in [0.2, 0.25) is 0 Å². The van der Waals surface area contributed by atoms with Crippen LogP contribution in [0.5, 0.6) is 0 Å². The van der Waals surface area contributed by atoms with Crippen molar-refractivity contribution >= 4 is 17.8 Å². The maximum atomic E-state index is 11.8. The minimum absolute atomic E-state index is 0.186. The van der Waals surface area contributed by atoms with E-state index in [9.17, 15) is 19.5 Å². The third kappa shape index (κ3) is 9.33. The van der Waals surface area contributed by atoms with Crippen LogP contribution in [0.1, 0.15) is 47.0 Å². The van der Waals surface area contributed by atoms with Crippen molar-refractivity contribution in [2.45, 2.75) is 59.1 Å². The fourth-order valence-electron chi connectivity index (χ4n) is 1.82. The highest BCUT2D eigenvalue weighted by Gasteiger charge is 2.24. The number of carbonyl (C=O) groups is 3. The molecule has 22 heavy (non-hydrogen) atoms. The molecule has 0 aromatic carbocycles. The standard InChI is InChI=1S/C15H28N2O5/c1-9(2)5-6-11(12(18)7-14(20)21)17-13(19)8-16-15(22)10(3)4/h9-12,18H,5-8H2,1-4H3,(H,16,22)(H,17,19)(H,20,21).